The van der Waals surface area contributed by atoms with Gasteiger partial charge in [-0.3, -0.25) is 0 Å². The van der Waals surface area contributed by atoms with Crippen molar-refractivity contribution >= 4 is 0 Å². The fourth-order valence-corrected chi connectivity index (χ4v) is 1.59. The lowest BCUT2D eigenvalue weighted by Gasteiger charge is -2.16. The van der Waals surface area contributed by atoms with Gasteiger partial charge < -0.3 is 20.3 Å². The molecule has 1 rings (SSSR count). The van der Waals surface area contributed by atoms with E-state index in [0.29, 0.717) is 6.42 Å². The molecule has 0 spiro atoms. The van der Waals surface area contributed by atoms with Crippen LogP contribution in [0.15, 0.2) is 18.2 Å². The molecule has 0 radical (unpaired) electrons. The molecule has 0 bridgehead atoms. The Bertz CT molecular complexity index is 328. The zero-order valence-electron chi connectivity index (χ0n) is 9.77. The van der Waals surface area contributed by atoms with Crippen LogP contribution in [-0.2, 0) is 0 Å². The number of benzene rings is 1. The SMILES string of the molecule is COc1ccc(C(N)CCCO)c(OC)c1. The maximum absolute atomic E-state index is 8.76. The fraction of sp³-hybridized carbons (Fsp3) is 0.500. The van der Waals surface area contributed by atoms with E-state index in [-0.39, 0.29) is 12.6 Å². The summed E-state index contributed by atoms with van der Waals surface area (Å²) in [5, 5.41) is 8.76. The summed E-state index contributed by atoms with van der Waals surface area (Å²) in [7, 11) is 3.22. The molecule has 0 fully saturated rings. The quantitative estimate of drug-likeness (QED) is 0.769. The first-order valence-electron chi connectivity index (χ1n) is 5.31. The third kappa shape index (κ3) is 3.12. The number of hydrogen-bond donors (Lipinski definition) is 2. The number of ether oxygens (including phenoxy) is 2. The summed E-state index contributed by atoms with van der Waals surface area (Å²) >= 11 is 0. The highest BCUT2D eigenvalue weighted by Crippen LogP contribution is 2.30. The van der Waals surface area contributed by atoms with Crippen molar-refractivity contribution in [3.63, 3.8) is 0 Å². The molecule has 90 valence electrons. The molecule has 1 atom stereocenters. The first-order chi connectivity index (χ1) is 7.72. The molecular weight excluding hydrogens is 206 g/mol. The van der Waals surface area contributed by atoms with Crippen molar-refractivity contribution in [3.05, 3.63) is 23.8 Å². The molecule has 0 aliphatic carbocycles. The van der Waals surface area contributed by atoms with Gasteiger partial charge >= 0.3 is 0 Å². The maximum atomic E-state index is 8.76. The van der Waals surface area contributed by atoms with Crippen LogP contribution in [0.3, 0.4) is 0 Å². The molecule has 0 aliphatic heterocycles. The van der Waals surface area contributed by atoms with Crippen molar-refractivity contribution in [3.8, 4) is 11.5 Å². The molecule has 0 heterocycles. The predicted octanol–water partition coefficient (Wildman–Crippen LogP) is 1.48. The summed E-state index contributed by atoms with van der Waals surface area (Å²) in [4.78, 5) is 0. The maximum Gasteiger partial charge on any atom is 0.127 e. The Kier molecular flexibility index (Phi) is 5.08. The molecule has 4 heteroatoms. The first-order valence-corrected chi connectivity index (χ1v) is 5.31. The lowest BCUT2D eigenvalue weighted by molar-refractivity contribution is 0.279. The van der Waals surface area contributed by atoms with Crippen molar-refractivity contribution in [2.75, 3.05) is 20.8 Å². The van der Waals surface area contributed by atoms with E-state index >= 15 is 0 Å². The van der Waals surface area contributed by atoms with E-state index in [2.05, 4.69) is 0 Å². The summed E-state index contributed by atoms with van der Waals surface area (Å²) in [6.07, 6.45) is 1.43. The average molecular weight is 225 g/mol. The van der Waals surface area contributed by atoms with Gasteiger partial charge in [-0.05, 0) is 18.9 Å². The van der Waals surface area contributed by atoms with Gasteiger partial charge in [-0.15, -0.1) is 0 Å². The summed E-state index contributed by atoms with van der Waals surface area (Å²) in [6.45, 7) is 0.159. The molecule has 0 aromatic heterocycles. The number of nitrogens with two attached hydrogens (primary N) is 1. The van der Waals surface area contributed by atoms with Crippen LogP contribution in [0.2, 0.25) is 0 Å². The van der Waals surface area contributed by atoms with Crippen LogP contribution in [0, 0.1) is 0 Å². The minimum Gasteiger partial charge on any atom is -0.497 e. The van der Waals surface area contributed by atoms with Crippen LogP contribution in [0.4, 0.5) is 0 Å². The highest BCUT2D eigenvalue weighted by molar-refractivity contribution is 5.42. The van der Waals surface area contributed by atoms with Gasteiger partial charge in [-0.2, -0.15) is 0 Å². The molecule has 0 saturated carbocycles. The Balaban J connectivity index is 2.85. The van der Waals surface area contributed by atoms with E-state index in [4.69, 9.17) is 20.3 Å². The molecule has 16 heavy (non-hydrogen) atoms. The second-order valence-electron chi connectivity index (χ2n) is 3.58. The van der Waals surface area contributed by atoms with Crippen molar-refractivity contribution in [2.24, 2.45) is 5.73 Å². The minimum atomic E-state index is -0.118. The normalized spacial score (nSPS) is 12.2. The zero-order chi connectivity index (χ0) is 12.0. The Labute approximate surface area is 96.0 Å². The molecule has 3 N–H and O–H groups in total. The minimum absolute atomic E-state index is 0.118. The second kappa shape index (κ2) is 6.35. The fourth-order valence-electron chi connectivity index (χ4n) is 1.59. The second-order valence-corrected chi connectivity index (χ2v) is 3.58. The highest BCUT2D eigenvalue weighted by Gasteiger charge is 2.12. The van der Waals surface area contributed by atoms with E-state index < -0.39 is 0 Å². The van der Waals surface area contributed by atoms with Crippen LogP contribution in [0.1, 0.15) is 24.4 Å². The van der Waals surface area contributed by atoms with Crippen molar-refractivity contribution in [1.82, 2.24) is 0 Å². The number of methoxy groups -OCH3 is 2. The highest BCUT2D eigenvalue weighted by atomic mass is 16.5. The number of aliphatic hydroxyl groups is 1. The van der Waals surface area contributed by atoms with E-state index in [1.54, 1.807) is 14.2 Å². The number of hydrogen-bond acceptors (Lipinski definition) is 4. The van der Waals surface area contributed by atoms with Gasteiger partial charge in [-0.1, -0.05) is 6.07 Å². The van der Waals surface area contributed by atoms with Gasteiger partial charge in [0.25, 0.3) is 0 Å². The van der Waals surface area contributed by atoms with Crippen LogP contribution in [0.25, 0.3) is 0 Å². The van der Waals surface area contributed by atoms with Crippen LogP contribution in [0.5, 0.6) is 11.5 Å². The van der Waals surface area contributed by atoms with Gasteiger partial charge in [0.15, 0.2) is 0 Å². The van der Waals surface area contributed by atoms with E-state index in [1.807, 2.05) is 18.2 Å². The molecule has 4 nitrogen and oxygen atoms in total. The van der Waals surface area contributed by atoms with E-state index in [1.165, 1.54) is 0 Å². The van der Waals surface area contributed by atoms with Crippen molar-refractivity contribution in [2.45, 2.75) is 18.9 Å². The van der Waals surface area contributed by atoms with Crippen LogP contribution >= 0.6 is 0 Å². The third-order valence-corrected chi connectivity index (χ3v) is 2.51. The number of aliphatic hydroxyl groups excluding tert-OH is 1. The molecule has 1 aromatic rings. The lowest BCUT2D eigenvalue weighted by atomic mass is 10.0. The predicted molar refractivity (Wildman–Crippen MR) is 62.8 cm³/mol. The smallest absolute Gasteiger partial charge is 0.127 e. The van der Waals surface area contributed by atoms with E-state index in [9.17, 15) is 0 Å². The summed E-state index contributed by atoms with van der Waals surface area (Å²) in [5.41, 5.74) is 6.96. The third-order valence-electron chi connectivity index (χ3n) is 2.51. The van der Waals surface area contributed by atoms with Gasteiger partial charge in [0, 0.05) is 24.3 Å². The number of rotatable bonds is 6. The summed E-state index contributed by atoms with van der Waals surface area (Å²) in [6, 6.07) is 5.46. The Morgan fingerprint density at radius 3 is 2.62 bits per heavy atom. The lowest BCUT2D eigenvalue weighted by Crippen LogP contribution is -2.12. The summed E-state index contributed by atoms with van der Waals surface area (Å²) < 4.78 is 10.4. The standard InChI is InChI=1S/C12H19NO3/c1-15-9-5-6-10(12(8-9)16-2)11(13)4-3-7-14/h5-6,8,11,14H,3-4,7,13H2,1-2H3. The largest absolute Gasteiger partial charge is 0.497 e. The van der Waals surface area contributed by atoms with Crippen molar-refractivity contribution < 1.29 is 14.6 Å². The Hall–Kier alpha value is -1.26. The topological polar surface area (TPSA) is 64.7 Å². The van der Waals surface area contributed by atoms with Crippen molar-refractivity contribution in [1.29, 1.82) is 0 Å². The van der Waals surface area contributed by atoms with Gasteiger partial charge in [0.1, 0.15) is 11.5 Å². The first kappa shape index (κ1) is 12.8. The molecule has 0 saturated heterocycles. The van der Waals surface area contributed by atoms with Gasteiger partial charge in [0.05, 0.1) is 14.2 Å². The molecule has 0 aliphatic rings. The van der Waals surface area contributed by atoms with Crippen LogP contribution in [-0.4, -0.2) is 25.9 Å². The molecule has 1 unspecified atom stereocenters. The monoisotopic (exact) mass is 225 g/mol. The average Bonchev–Trinajstić information content (AvgIpc) is 2.34. The molecule has 1 aromatic carbocycles. The van der Waals surface area contributed by atoms with Crippen LogP contribution < -0.4 is 15.2 Å². The zero-order valence-corrected chi connectivity index (χ0v) is 9.77. The molecule has 0 amide bonds. The Morgan fingerprint density at radius 1 is 1.31 bits per heavy atom. The van der Waals surface area contributed by atoms with Gasteiger partial charge in [-0.25, -0.2) is 0 Å². The van der Waals surface area contributed by atoms with E-state index in [0.717, 1.165) is 23.5 Å². The Morgan fingerprint density at radius 2 is 2.06 bits per heavy atom. The summed E-state index contributed by atoms with van der Waals surface area (Å²) in [5.74, 6) is 1.47. The van der Waals surface area contributed by atoms with Gasteiger partial charge in [0.2, 0.25) is 0 Å². The molecular formula is C12H19NO3.